The van der Waals surface area contributed by atoms with E-state index in [1.165, 1.54) is 0 Å². The Morgan fingerprint density at radius 3 is 2.43 bits per heavy atom. The molecule has 0 saturated heterocycles. The van der Waals surface area contributed by atoms with Crippen LogP contribution in [0.4, 0.5) is 23.9 Å². The summed E-state index contributed by atoms with van der Waals surface area (Å²) in [5.74, 6) is 0. The van der Waals surface area contributed by atoms with Gasteiger partial charge in [0, 0.05) is 12.6 Å². The van der Waals surface area contributed by atoms with E-state index in [0.29, 0.717) is 6.07 Å². The second-order valence-electron chi connectivity index (χ2n) is 3.75. The summed E-state index contributed by atoms with van der Waals surface area (Å²) in [4.78, 5) is 9.65. The lowest BCUT2D eigenvalue weighted by atomic mass is 10.5. The van der Waals surface area contributed by atoms with Crippen LogP contribution in [0.5, 0.6) is 0 Å². The van der Waals surface area contributed by atoms with Crippen LogP contribution >= 0.6 is 11.3 Å². The van der Waals surface area contributed by atoms with E-state index in [2.05, 4.69) is 0 Å². The molecule has 0 aliphatic heterocycles. The lowest BCUT2D eigenvalue weighted by molar-refractivity contribution is -0.383. The summed E-state index contributed by atoms with van der Waals surface area (Å²) in [5, 5.41) is 18.8. The first-order valence-corrected chi connectivity index (χ1v) is 7.46. The predicted molar refractivity (Wildman–Crippen MR) is 67.3 cm³/mol. The minimum atomic E-state index is -4.82. The second kappa shape index (κ2) is 6.13. The summed E-state index contributed by atoms with van der Waals surface area (Å²) in [5.41, 5.74) is 4.56. The molecule has 0 aliphatic carbocycles. The molecule has 120 valence electrons. The van der Waals surface area contributed by atoms with Gasteiger partial charge < -0.3 is 10.8 Å². The highest BCUT2D eigenvalue weighted by Crippen LogP contribution is 2.36. The number of aliphatic hydroxyl groups is 1. The van der Waals surface area contributed by atoms with E-state index in [9.17, 15) is 31.7 Å². The van der Waals surface area contributed by atoms with Crippen molar-refractivity contribution in [3.8, 4) is 0 Å². The third-order valence-electron chi connectivity index (χ3n) is 2.21. The minimum absolute atomic E-state index is 0.0119. The molecule has 1 aromatic heterocycles. The van der Waals surface area contributed by atoms with Crippen molar-refractivity contribution in [1.29, 1.82) is 0 Å². The molecule has 0 amide bonds. The maximum absolute atomic E-state index is 12.4. The number of thiophene rings is 1. The van der Waals surface area contributed by atoms with Gasteiger partial charge in [-0.2, -0.15) is 17.5 Å². The van der Waals surface area contributed by atoms with Crippen LogP contribution in [0.25, 0.3) is 0 Å². The van der Waals surface area contributed by atoms with E-state index in [0.717, 1.165) is 0 Å². The summed E-state index contributed by atoms with van der Waals surface area (Å²) in [6, 6.07) is 0.593. The molecule has 1 aromatic rings. The highest BCUT2D eigenvalue weighted by atomic mass is 32.2. The molecule has 13 heteroatoms. The van der Waals surface area contributed by atoms with E-state index in [4.69, 9.17) is 10.8 Å². The number of nitro groups is 1. The largest absolute Gasteiger partial charge is 0.402 e. The monoisotopic (exact) mass is 349 g/mol. The Morgan fingerprint density at radius 2 is 2.05 bits per heavy atom. The van der Waals surface area contributed by atoms with Gasteiger partial charge in [0.1, 0.15) is 10.8 Å². The number of alkyl halides is 3. The molecule has 0 aromatic carbocycles. The van der Waals surface area contributed by atoms with E-state index < -0.39 is 55.7 Å². The number of hydrogen-bond donors (Lipinski definition) is 2. The van der Waals surface area contributed by atoms with Gasteiger partial charge in [-0.3, -0.25) is 10.1 Å². The summed E-state index contributed by atoms with van der Waals surface area (Å²) in [6.07, 6.45) is -4.82. The molecule has 8 nitrogen and oxygen atoms in total. The van der Waals surface area contributed by atoms with Crippen molar-refractivity contribution in [1.82, 2.24) is 4.31 Å². The first kappa shape index (κ1) is 17.6. The molecule has 0 atom stereocenters. The standard InChI is InChI=1S/C8H10F3N3O5S2/c9-8(10,11)4-13(1-2-15)21(18,19)6-3-5(14(16)17)7(12)20-6/h3,15H,1-2,4,12H2. The van der Waals surface area contributed by atoms with Gasteiger partial charge in [0.25, 0.3) is 10.0 Å². The lowest BCUT2D eigenvalue weighted by Crippen LogP contribution is -2.40. The third kappa shape index (κ3) is 4.26. The first-order chi connectivity index (χ1) is 9.49. The van der Waals surface area contributed by atoms with Crippen LogP contribution in [0.15, 0.2) is 10.3 Å². The number of nitrogen functional groups attached to an aromatic ring is 1. The van der Waals surface area contributed by atoms with Crippen LogP contribution in [-0.2, 0) is 10.0 Å². The van der Waals surface area contributed by atoms with Gasteiger partial charge in [-0.1, -0.05) is 11.3 Å². The number of hydrogen-bond acceptors (Lipinski definition) is 7. The van der Waals surface area contributed by atoms with Crippen molar-refractivity contribution in [2.75, 3.05) is 25.4 Å². The third-order valence-corrected chi connectivity index (χ3v) is 5.46. The number of nitrogens with two attached hydrogens (primary N) is 1. The van der Waals surface area contributed by atoms with Crippen molar-refractivity contribution < 1.29 is 31.6 Å². The van der Waals surface area contributed by atoms with Crippen LogP contribution < -0.4 is 5.73 Å². The van der Waals surface area contributed by atoms with Gasteiger partial charge in [0.2, 0.25) is 0 Å². The fraction of sp³-hybridized carbons (Fsp3) is 0.500. The molecule has 0 saturated carbocycles. The van der Waals surface area contributed by atoms with E-state index in [-0.39, 0.29) is 15.6 Å². The average Bonchev–Trinajstić information content (AvgIpc) is 2.69. The first-order valence-electron chi connectivity index (χ1n) is 5.20. The zero-order valence-corrected chi connectivity index (χ0v) is 11.8. The highest BCUT2D eigenvalue weighted by Gasteiger charge is 2.38. The molecule has 0 bridgehead atoms. The molecule has 21 heavy (non-hydrogen) atoms. The summed E-state index contributed by atoms with van der Waals surface area (Å²) >= 11 is 0.287. The minimum Gasteiger partial charge on any atom is -0.395 e. The van der Waals surface area contributed by atoms with Gasteiger partial charge in [-0.25, -0.2) is 8.42 Å². The van der Waals surface area contributed by atoms with E-state index in [1.807, 2.05) is 0 Å². The van der Waals surface area contributed by atoms with Gasteiger partial charge >= 0.3 is 11.9 Å². The Bertz CT molecular complexity index is 628. The fourth-order valence-electron chi connectivity index (χ4n) is 1.37. The molecule has 0 unspecified atom stereocenters. The molecule has 1 heterocycles. The summed E-state index contributed by atoms with van der Waals surface area (Å²) in [6.45, 7) is -3.45. The predicted octanol–water partition coefficient (Wildman–Crippen LogP) is 0.784. The molecule has 3 N–H and O–H groups in total. The van der Waals surface area contributed by atoms with Gasteiger partial charge in [-0.05, 0) is 0 Å². The molecule has 1 rings (SSSR count). The van der Waals surface area contributed by atoms with Crippen LogP contribution in [0.3, 0.4) is 0 Å². The molecule has 0 radical (unpaired) electrons. The van der Waals surface area contributed by atoms with Crippen LogP contribution in [0, 0.1) is 10.1 Å². The Balaban J connectivity index is 3.23. The normalized spacial score (nSPS) is 12.8. The average molecular weight is 349 g/mol. The van der Waals surface area contributed by atoms with Crippen LogP contribution in [0.2, 0.25) is 0 Å². The molecular weight excluding hydrogens is 339 g/mol. The molecule has 0 fully saturated rings. The molecular formula is C8H10F3N3O5S2. The van der Waals surface area contributed by atoms with Crippen molar-refractivity contribution in [3.63, 3.8) is 0 Å². The van der Waals surface area contributed by atoms with Crippen LogP contribution in [0.1, 0.15) is 0 Å². The summed E-state index contributed by atoms with van der Waals surface area (Å²) in [7, 11) is -4.64. The van der Waals surface area contributed by atoms with Gasteiger partial charge in [-0.15, -0.1) is 0 Å². The quantitative estimate of drug-likeness (QED) is 0.577. The van der Waals surface area contributed by atoms with Crippen molar-refractivity contribution in [3.05, 3.63) is 16.2 Å². The number of sulfonamides is 1. The Kier molecular flexibility index (Phi) is 5.14. The number of anilines is 1. The van der Waals surface area contributed by atoms with E-state index >= 15 is 0 Å². The Labute approximate surface area is 120 Å². The number of nitrogens with zero attached hydrogens (tertiary/aromatic N) is 2. The maximum atomic E-state index is 12.4. The van der Waals surface area contributed by atoms with Gasteiger partial charge in [0.05, 0.1) is 11.5 Å². The van der Waals surface area contributed by atoms with Gasteiger partial charge in [0.15, 0.2) is 5.00 Å². The topological polar surface area (TPSA) is 127 Å². The number of aliphatic hydroxyl groups excluding tert-OH is 1. The fourth-order valence-corrected chi connectivity index (χ4v) is 4.15. The molecule has 0 spiro atoms. The maximum Gasteiger partial charge on any atom is 0.402 e. The zero-order valence-electron chi connectivity index (χ0n) is 10.2. The zero-order chi connectivity index (χ0) is 16.4. The SMILES string of the molecule is Nc1sc(S(=O)(=O)N(CCO)CC(F)(F)F)cc1[N+](=O)[O-]. The Hall–Kier alpha value is -1.44. The number of halogens is 3. The number of rotatable bonds is 6. The molecule has 0 aliphatic rings. The lowest BCUT2D eigenvalue weighted by Gasteiger charge is -2.21. The Morgan fingerprint density at radius 1 is 1.48 bits per heavy atom. The van der Waals surface area contributed by atoms with Crippen molar-refractivity contribution >= 4 is 32.0 Å². The highest BCUT2D eigenvalue weighted by molar-refractivity contribution is 7.91. The van der Waals surface area contributed by atoms with Crippen molar-refractivity contribution in [2.24, 2.45) is 0 Å². The summed E-state index contributed by atoms with van der Waals surface area (Å²) < 4.78 is 60.5. The smallest absolute Gasteiger partial charge is 0.395 e. The van der Waals surface area contributed by atoms with E-state index in [1.54, 1.807) is 0 Å². The van der Waals surface area contributed by atoms with Crippen LogP contribution in [-0.4, -0.2) is 48.6 Å². The second-order valence-corrected chi connectivity index (χ2v) is 7.00. The van der Waals surface area contributed by atoms with Crippen molar-refractivity contribution in [2.45, 2.75) is 10.4 Å².